The summed E-state index contributed by atoms with van der Waals surface area (Å²) in [4.78, 5) is 4.71. The van der Waals surface area contributed by atoms with E-state index in [2.05, 4.69) is 22.8 Å². The molecule has 1 N–H and O–H groups in total. The monoisotopic (exact) mass is 273 g/mol. The third-order valence-electron chi connectivity index (χ3n) is 3.90. The molecule has 1 aliphatic rings. The Kier molecular flexibility index (Phi) is 5.40. The average molecular weight is 273 g/mol. The Labute approximate surface area is 121 Å². The van der Waals surface area contributed by atoms with Crippen LogP contribution in [0, 0.1) is 11.3 Å². The standard InChI is InChI=1S/C16H23N3O/c1-2-3-15(12-17)19-10-8-18(9-11-19)13-14-4-6-16(20)7-5-14/h4-7,15,20H,2-3,8-11,13H2,1H3. The topological polar surface area (TPSA) is 50.5 Å². The highest BCUT2D eigenvalue weighted by molar-refractivity contribution is 5.25. The maximum atomic E-state index is 9.29. The fraction of sp³-hybridized carbons (Fsp3) is 0.562. The lowest BCUT2D eigenvalue weighted by Gasteiger charge is -2.36. The molecule has 0 radical (unpaired) electrons. The minimum absolute atomic E-state index is 0.0795. The van der Waals surface area contributed by atoms with E-state index < -0.39 is 0 Å². The van der Waals surface area contributed by atoms with Crippen molar-refractivity contribution in [3.8, 4) is 11.8 Å². The van der Waals surface area contributed by atoms with Crippen molar-refractivity contribution in [1.82, 2.24) is 9.80 Å². The van der Waals surface area contributed by atoms with Crippen LogP contribution in [0.5, 0.6) is 5.75 Å². The predicted molar refractivity (Wildman–Crippen MR) is 79.3 cm³/mol. The van der Waals surface area contributed by atoms with Crippen molar-refractivity contribution < 1.29 is 5.11 Å². The van der Waals surface area contributed by atoms with Gasteiger partial charge in [0.2, 0.25) is 0 Å². The molecule has 4 nitrogen and oxygen atoms in total. The summed E-state index contributed by atoms with van der Waals surface area (Å²) >= 11 is 0. The minimum Gasteiger partial charge on any atom is -0.508 e. The van der Waals surface area contributed by atoms with Crippen molar-refractivity contribution in [2.24, 2.45) is 0 Å². The predicted octanol–water partition coefficient (Wildman–Crippen LogP) is 2.20. The molecule has 1 aromatic rings. The van der Waals surface area contributed by atoms with E-state index >= 15 is 0 Å². The van der Waals surface area contributed by atoms with E-state index in [0.29, 0.717) is 5.75 Å². The van der Waals surface area contributed by atoms with Crippen LogP contribution in [0.25, 0.3) is 0 Å². The first-order valence-electron chi connectivity index (χ1n) is 7.37. The van der Waals surface area contributed by atoms with Crippen LogP contribution in [0.3, 0.4) is 0 Å². The first-order valence-corrected chi connectivity index (χ1v) is 7.37. The van der Waals surface area contributed by atoms with Gasteiger partial charge in [0.1, 0.15) is 5.75 Å². The van der Waals surface area contributed by atoms with Crippen LogP contribution in [0.2, 0.25) is 0 Å². The second kappa shape index (κ2) is 7.28. The molecule has 1 aromatic carbocycles. The summed E-state index contributed by atoms with van der Waals surface area (Å²) in [5, 5.41) is 18.5. The first-order chi connectivity index (χ1) is 9.72. The molecule has 1 saturated heterocycles. The van der Waals surface area contributed by atoms with E-state index in [1.807, 2.05) is 12.1 Å². The van der Waals surface area contributed by atoms with Crippen molar-refractivity contribution in [3.63, 3.8) is 0 Å². The second-order valence-electron chi connectivity index (χ2n) is 5.41. The molecule has 0 aromatic heterocycles. The Balaban J connectivity index is 1.82. The number of aromatic hydroxyl groups is 1. The molecule has 1 unspecified atom stereocenters. The van der Waals surface area contributed by atoms with E-state index in [0.717, 1.165) is 45.6 Å². The molecule has 2 rings (SSSR count). The first kappa shape index (κ1) is 14.8. The van der Waals surface area contributed by atoms with E-state index in [1.54, 1.807) is 12.1 Å². The number of nitrogens with zero attached hydrogens (tertiary/aromatic N) is 3. The molecule has 0 spiro atoms. The maximum Gasteiger partial charge on any atom is 0.115 e. The van der Waals surface area contributed by atoms with Crippen molar-refractivity contribution in [2.45, 2.75) is 32.4 Å². The van der Waals surface area contributed by atoms with Crippen molar-refractivity contribution in [1.29, 1.82) is 5.26 Å². The third kappa shape index (κ3) is 3.96. The molecular weight excluding hydrogens is 250 g/mol. The lowest BCUT2D eigenvalue weighted by molar-refractivity contribution is 0.106. The van der Waals surface area contributed by atoms with Crippen molar-refractivity contribution in [2.75, 3.05) is 26.2 Å². The highest BCUT2D eigenvalue weighted by Gasteiger charge is 2.22. The number of benzene rings is 1. The Morgan fingerprint density at radius 1 is 1.20 bits per heavy atom. The fourth-order valence-corrected chi connectivity index (χ4v) is 2.69. The number of nitriles is 1. The molecule has 0 bridgehead atoms. The fourth-order valence-electron chi connectivity index (χ4n) is 2.69. The van der Waals surface area contributed by atoms with Crippen LogP contribution in [-0.2, 0) is 6.54 Å². The molecule has 1 atom stereocenters. The zero-order valence-corrected chi connectivity index (χ0v) is 12.1. The highest BCUT2D eigenvalue weighted by atomic mass is 16.3. The Bertz CT molecular complexity index is 444. The summed E-state index contributed by atoms with van der Waals surface area (Å²) in [6.07, 6.45) is 2.03. The lowest BCUT2D eigenvalue weighted by Crippen LogP contribution is -2.49. The SMILES string of the molecule is CCCC(C#N)N1CCN(Cc2ccc(O)cc2)CC1. The quantitative estimate of drug-likeness (QED) is 0.893. The number of hydrogen-bond acceptors (Lipinski definition) is 4. The van der Waals surface area contributed by atoms with Crippen molar-refractivity contribution >= 4 is 0 Å². The van der Waals surface area contributed by atoms with Gasteiger partial charge in [0.05, 0.1) is 12.1 Å². The molecule has 0 saturated carbocycles. The van der Waals surface area contributed by atoms with Crippen LogP contribution >= 0.6 is 0 Å². The Morgan fingerprint density at radius 3 is 2.40 bits per heavy atom. The van der Waals surface area contributed by atoms with Gasteiger partial charge >= 0.3 is 0 Å². The average Bonchev–Trinajstić information content (AvgIpc) is 2.48. The normalized spacial score (nSPS) is 18.6. The van der Waals surface area contributed by atoms with Crippen LogP contribution in [0.1, 0.15) is 25.3 Å². The largest absolute Gasteiger partial charge is 0.508 e. The smallest absolute Gasteiger partial charge is 0.115 e. The molecule has 0 aliphatic carbocycles. The summed E-state index contributed by atoms with van der Waals surface area (Å²) in [6.45, 7) is 6.99. The molecule has 20 heavy (non-hydrogen) atoms. The van der Waals surface area contributed by atoms with Crippen LogP contribution in [-0.4, -0.2) is 47.1 Å². The molecule has 4 heteroatoms. The van der Waals surface area contributed by atoms with Crippen LogP contribution < -0.4 is 0 Å². The third-order valence-corrected chi connectivity index (χ3v) is 3.90. The Hall–Kier alpha value is -1.57. The van der Waals surface area contributed by atoms with E-state index in [9.17, 15) is 10.4 Å². The second-order valence-corrected chi connectivity index (χ2v) is 5.41. The summed E-state index contributed by atoms with van der Waals surface area (Å²) in [7, 11) is 0. The number of piperazine rings is 1. The summed E-state index contributed by atoms with van der Waals surface area (Å²) in [6, 6.07) is 9.91. The summed E-state index contributed by atoms with van der Waals surface area (Å²) in [5.41, 5.74) is 1.22. The molecule has 108 valence electrons. The van der Waals surface area contributed by atoms with E-state index in [1.165, 1.54) is 5.56 Å². The zero-order chi connectivity index (χ0) is 14.4. The molecule has 1 fully saturated rings. The molecule has 0 amide bonds. The van der Waals surface area contributed by atoms with E-state index in [4.69, 9.17) is 0 Å². The van der Waals surface area contributed by atoms with Gasteiger partial charge in [-0.3, -0.25) is 9.80 Å². The maximum absolute atomic E-state index is 9.29. The van der Waals surface area contributed by atoms with Crippen LogP contribution in [0.4, 0.5) is 0 Å². The highest BCUT2D eigenvalue weighted by Crippen LogP contribution is 2.15. The van der Waals surface area contributed by atoms with Gasteiger partial charge in [0.15, 0.2) is 0 Å². The molecule has 1 aliphatic heterocycles. The number of hydrogen-bond donors (Lipinski definition) is 1. The van der Waals surface area contributed by atoms with Crippen LogP contribution in [0.15, 0.2) is 24.3 Å². The van der Waals surface area contributed by atoms with Crippen molar-refractivity contribution in [3.05, 3.63) is 29.8 Å². The molecular formula is C16H23N3O. The lowest BCUT2D eigenvalue weighted by atomic mass is 10.1. The van der Waals surface area contributed by atoms with E-state index in [-0.39, 0.29) is 6.04 Å². The number of rotatable bonds is 5. The van der Waals surface area contributed by atoms with Gasteiger partial charge in [-0.25, -0.2) is 0 Å². The summed E-state index contributed by atoms with van der Waals surface area (Å²) in [5.74, 6) is 0.315. The summed E-state index contributed by atoms with van der Waals surface area (Å²) < 4.78 is 0. The molecule has 1 heterocycles. The van der Waals surface area contributed by atoms with Gasteiger partial charge in [-0.2, -0.15) is 5.26 Å². The Morgan fingerprint density at radius 2 is 1.85 bits per heavy atom. The zero-order valence-electron chi connectivity index (χ0n) is 12.1. The van der Waals surface area contributed by atoms with Gasteiger partial charge in [-0.15, -0.1) is 0 Å². The number of phenolic OH excluding ortho intramolecular Hbond substituents is 1. The minimum atomic E-state index is 0.0795. The number of phenols is 1. The van der Waals surface area contributed by atoms with Gasteiger partial charge in [0.25, 0.3) is 0 Å². The van der Waals surface area contributed by atoms with Gasteiger partial charge in [-0.1, -0.05) is 25.5 Å². The van der Waals surface area contributed by atoms with Gasteiger partial charge in [0, 0.05) is 32.7 Å². The van der Waals surface area contributed by atoms with Gasteiger partial charge in [-0.05, 0) is 24.1 Å². The van der Waals surface area contributed by atoms with Gasteiger partial charge < -0.3 is 5.11 Å².